The van der Waals surface area contributed by atoms with Crippen LogP contribution in [0.25, 0.3) is 0 Å². The third kappa shape index (κ3) is 3.89. The molecule has 0 spiro atoms. The van der Waals surface area contributed by atoms with E-state index in [2.05, 4.69) is 20.1 Å². The number of nitrogens with one attached hydrogen (secondary N) is 2. The van der Waals surface area contributed by atoms with Gasteiger partial charge in [-0.2, -0.15) is 5.10 Å². The van der Waals surface area contributed by atoms with Crippen LogP contribution in [0.2, 0.25) is 0 Å². The first-order valence-corrected chi connectivity index (χ1v) is 12.5. The Bertz CT molecular complexity index is 1240. The van der Waals surface area contributed by atoms with Crippen LogP contribution < -0.4 is 20.5 Å². The van der Waals surface area contributed by atoms with E-state index in [0.29, 0.717) is 43.7 Å². The molecule has 33 heavy (non-hydrogen) atoms. The highest BCUT2D eigenvalue weighted by molar-refractivity contribution is 7.91. The van der Waals surface area contributed by atoms with Crippen LogP contribution in [-0.4, -0.2) is 46.1 Å². The summed E-state index contributed by atoms with van der Waals surface area (Å²) in [6, 6.07) is 1.09. The summed E-state index contributed by atoms with van der Waals surface area (Å²) in [5.41, 5.74) is 3.62. The molecule has 5 rings (SSSR count). The molecule has 0 bridgehead atoms. The lowest BCUT2D eigenvalue weighted by Gasteiger charge is -2.24. The van der Waals surface area contributed by atoms with Gasteiger partial charge in [-0.25, -0.2) is 27.6 Å². The fourth-order valence-electron chi connectivity index (χ4n) is 5.05. The molecule has 12 heteroatoms. The first-order valence-electron chi connectivity index (χ1n) is 11.0. The fraction of sp³-hybridized carbons (Fsp3) is 0.524. The van der Waals surface area contributed by atoms with Crippen LogP contribution in [0.5, 0.6) is 5.88 Å². The average molecular weight is 481 g/mol. The van der Waals surface area contributed by atoms with E-state index in [4.69, 9.17) is 9.88 Å². The van der Waals surface area contributed by atoms with Gasteiger partial charge in [-0.1, -0.05) is 6.07 Å². The number of fused-ring (bicyclic) bond motifs is 3. The number of aryl methyl sites for hydroxylation is 2. The summed E-state index contributed by atoms with van der Waals surface area (Å²) in [5, 5.41) is 15.9. The molecule has 0 radical (unpaired) electrons. The van der Waals surface area contributed by atoms with Crippen molar-refractivity contribution in [2.45, 2.75) is 61.9 Å². The molecular weight excluding hydrogens is 454 g/mol. The number of urea groups is 1. The molecule has 2 unspecified atom stereocenters. The molecule has 2 aliphatic carbocycles. The third-order valence-corrected chi connectivity index (χ3v) is 8.02. The average Bonchev–Trinajstić information content (AvgIpc) is 3.50. The number of rotatable bonds is 4. The molecule has 2 aromatic rings. The van der Waals surface area contributed by atoms with E-state index in [0.717, 1.165) is 29.5 Å². The quantitative estimate of drug-likeness (QED) is 0.621. The number of halogens is 2. The lowest BCUT2D eigenvalue weighted by atomic mass is 9.94. The zero-order valence-corrected chi connectivity index (χ0v) is 19.0. The number of nitrogens with zero attached hydrogens (tertiary/aromatic N) is 3. The molecule has 4 N–H and O–H groups in total. The number of ether oxygens (including phenoxy) is 1. The van der Waals surface area contributed by atoms with Gasteiger partial charge in [0.15, 0.2) is 9.92 Å². The number of hydrogen-bond donors (Lipinski definition) is 3. The predicted molar refractivity (Wildman–Crippen MR) is 118 cm³/mol. The van der Waals surface area contributed by atoms with Crippen LogP contribution in [0.3, 0.4) is 0 Å². The van der Waals surface area contributed by atoms with Gasteiger partial charge in [0.25, 0.3) is 0 Å². The van der Waals surface area contributed by atoms with E-state index in [9.17, 15) is 17.8 Å². The molecule has 0 saturated carbocycles. The highest BCUT2D eigenvalue weighted by Crippen LogP contribution is 2.46. The van der Waals surface area contributed by atoms with E-state index in [1.54, 1.807) is 7.05 Å². The first kappa shape index (κ1) is 22.2. The largest absolute Gasteiger partial charge is 0.475 e. The summed E-state index contributed by atoms with van der Waals surface area (Å²) in [6.45, 7) is 0.819. The zero-order valence-electron chi connectivity index (χ0n) is 18.1. The summed E-state index contributed by atoms with van der Waals surface area (Å²) in [6.07, 6.45) is 2.04. The maximum Gasteiger partial charge on any atom is 0.354 e. The number of carbonyl (C=O) groups is 1. The highest BCUT2D eigenvalue weighted by atomic mass is 32.2. The predicted octanol–water partition coefficient (Wildman–Crippen LogP) is 2.58. The number of nitrogens with two attached hydrogens (primary N) is 1. The summed E-state index contributed by atoms with van der Waals surface area (Å²) in [4.78, 5) is 12.9. The van der Waals surface area contributed by atoms with Gasteiger partial charge in [0.2, 0.25) is 12.3 Å². The van der Waals surface area contributed by atoms with Gasteiger partial charge < -0.3 is 15.4 Å². The van der Waals surface area contributed by atoms with E-state index >= 15 is 0 Å². The fourth-order valence-corrected chi connectivity index (χ4v) is 6.06. The topological polar surface area (TPSA) is 124 Å². The van der Waals surface area contributed by atoms with Gasteiger partial charge in [-0.3, -0.25) is 0 Å². The summed E-state index contributed by atoms with van der Waals surface area (Å²) in [7, 11) is -1.88. The lowest BCUT2D eigenvalue weighted by Crippen LogP contribution is -2.40. The van der Waals surface area contributed by atoms with Crippen molar-refractivity contribution in [1.82, 2.24) is 15.1 Å². The maximum atomic E-state index is 13.7. The van der Waals surface area contributed by atoms with Crippen LogP contribution in [0.1, 0.15) is 41.0 Å². The van der Waals surface area contributed by atoms with Crippen molar-refractivity contribution in [3.8, 4) is 5.88 Å². The van der Waals surface area contributed by atoms with Crippen molar-refractivity contribution in [3.63, 3.8) is 0 Å². The molecule has 3 atom stereocenters. The Hall–Kier alpha value is -2.57. The molecule has 0 saturated heterocycles. The Morgan fingerprint density at radius 1 is 1.36 bits per heavy atom. The highest BCUT2D eigenvalue weighted by Gasteiger charge is 2.36. The van der Waals surface area contributed by atoms with Gasteiger partial charge in [-0.05, 0) is 61.4 Å². The molecule has 2 heterocycles. The Morgan fingerprint density at radius 2 is 2.18 bits per heavy atom. The number of benzene rings is 1. The van der Waals surface area contributed by atoms with Gasteiger partial charge in [0.05, 0.1) is 18.8 Å². The first-order chi connectivity index (χ1) is 15.8. The lowest BCUT2D eigenvalue weighted by molar-refractivity contribution is 0.114. The van der Waals surface area contributed by atoms with E-state index in [-0.39, 0.29) is 16.8 Å². The Balaban J connectivity index is 1.48. The Kier molecular flexibility index (Phi) is 5.61. The summed E-state index contributed by atoms with van der Waals surface area (Å²) in [5.74, 6) is -0.732. The number of anilines is 1. The Labute approximate surface area is 190 Å². The van der Waals surface area contributed by atoms with Crippen LogP contribution >= 0.6 is 0 Å². The summed E-state index contributed by atoms with van der Waals surface area (Å²) < 4.78 is 51.6. The smallest absolute Gasteiger partial charge is 0.354 e. The number of hydrogen-bond acceptors (Lipinski definition) is 5. The van der Waals surface area contributed by atoms with E-state index in [1.165, 1.54) is 10.9 Å². The molecule has 3 aliphatic rings. The van der Waals surface area contributed by atoms with Crippen LogP contribution in [0.15, 0.2) is 21.5 Å². The number of amides is 2. The second-order valence-corrected chi connectivity index (χ2v) is 10.4. The molecule has 0 fully saturated rings. The van der Waals surface area contributed by atoms with Crippen molar-refractivity contribution in [2.24, 2.45) is 9.50 Å². The van der Waals surface area contributed by atoms with Crippen LogP contribution in [0.4, 0.5) is 19.3 Å². The zero-order chi connectivity index (χ0) is 23.3. The molecule has 9 nitrogen and oxygen atoms in total. The molecule has 2 amide bonds. The number of carbonyl (C=O) groups excluding carboxylic acids is 1. The minimum Gasteiger partial charge on any atom is -0.475 e. The van der Waals surface area contributed by atoms with E-state index < -0.39 is 28.3 Å². The number of aromatic nitrogens is 2. The normalized spacial score (nSPS) is 22.8. The van der Waals surface area contributed by atoms with Crippen molar-refractivity contribution < 1.29 is 22.5 Å². The molecular formula is C21H26F2N6O3S. The summed E-state index contributed by atoms with van der Waals surface area (Å²) >= 11 is 0. The monoisotopic (exact) mass is 480 g/mol. The van der Waals surface area contributed by atoms with Crippen molar-refractivity contribution in [3.05, 3.63) is 34.5 Å². The molecule has 1 aromatic carbocycles. The standard InChI is InChI=1S/C21H26F2N6O3S/c1-25-13-9-29-20(32-10-13)16(8-26-29)33(24,31)28-21(30)27-18-14-4-2-3-11(14)7-12-5-6-15(17(12)18)19(22)23/h7-8,13,15,19,25H,2-6,9-10H2,1H3,(H3,24,27,28,30,31)/t13-,15?,33?/m0/s1. The second-order valence-electron chi connectivity index (χ2n) is 8.68. The Morgan fingerprint density at radius 3 is 2.94 bits per heavy atom. The minimum absolute atomic E-state index is 0.0289. The maximum absolute atomic E-state index is 13.7. The third-order valence-electron chi connectivity index (χ3n) is 6.67. The molecule has 178 valence electrons. The van der Waals surface area contributed by atoms with Crippen molar-refractivity contribution in [2.75, 3.05) is 19.0 Å². The molecule has 1 aliphatic heterocycles. The van der Waals surface area contributed by atoms with Crippen molar-refractivity contribution in [1.29, 1.82) is 0 Å². The minimum atomic E-state index is -3.67. The van der Waals surface area contributed by atoms with Crippen LogP contribution in [-0.2, 0) is 35.7 Å². The van der Waals surface area contributed by atoms with Crippen LogP contribution in [0, 0.1) is 0 Å². The van der Waals surface area contributed by atoms with Crippen molar-refractivity contribution >= 4 is 21.6 Å². The van der Waals surface area contributed by atoms with Gasteiger partial charge in [0, 0.05) is 11.6 Å². The van der Waals surface area contributed by atoms with E-state index in [1.807, 2.05) is 6.07 Å². The van der Waals surface area contributed by atoms with Gasteiger partial charge in [-0.15, -0.1) is 4.36 Å². The van der Waals surface area contributed by atoms with Gasteiger partial charge >= 0.3 is 6.03 Å². The number of likely N-dealkylation sites (N-methyl/N-ethyl adjacent to an activating group) is 1. The molecule has 1 aromatic heterocycles. The second kappa shape index (κ2) is 8.33. The number of alkyl halides is 2. The van der Waals surface area contributed by atoms with Gasteiger partial charge in [0.1, 0.15) is 11.5 Å². The SMILES string of the molecule is CN[C@@H]1COc2c(S(N)(=O)=NC(=O)Nc3c4c(cc5c3C(C(F)F)CC5)CCC4)cnn2C1.